The first-order valence-corrected chi connectivity index (χ1v) is 5.11. The maximum atomic E-state index is 6.01. The molecule has 0 spiro atoms. The van der Waals surface area contributed by atoms with Crippen LogP contribution in [0.25, 0.3) is 0 Å². The van der Waals surface area contributed by atoms with E-state index in [4.69, 9.17) is 11.6 Å². The molecule has 0 aliphatic rings. The first-order valence-electron chi connectivity index (χ1n) is 4.73. The van der Waals surface area contributed by atoms with Crippen molar-refractivity contribution in [3.63, 3.8) is 0 Å². The molecule has 0 aliphatic heterocycles. The summed E-state index contributed by atoms with van der Waals surface area (Å²) < 4.78 is 0. The molecule has 1 aromatic carbocycles. The topological polar surface area (TPSA) is 24.9 Å². The van der Waals surface area contributed by atoms with Gasteiger partial charge in [0.2, 0.25) is 0 Å². The molecule has 0 unspecified atom stereocenters. The summed E-state index contributed by atoms with van der Waals surface area (Å²) in [4.78, 5) is 4.05. The van der Waals surface area contributed by atoms with E-state index in [0.29, 0.717) is 0 Å². The molecule has 0 saturated carbocycles. The summed E-state index contributed by atoms with van der Waals surface area (Å²) in [7, 11) is 0. The monoisotopic (exact) mass is 218 g/mol. The highest BCUT2D eigenvalue weighted by Crippen LogP contribution is 2.20. The molecule has 1 heterocycles. The van der Waals surface area contributed by atoms with Crippen LogP contribution in [0.2, 0.25) is 5.02 Å². The SMILES string of the molecule is Clc1ccccc1NCc1cccnc1. The summed E-state index contributed by atoms with van der Waals surface area (Å²) in [5.74, 6) is 0. The molecule has 3 heteroatoms. The van der Waals surface area contributed by atoms with Crippen LogP contribution in [0.15, 0.2) is 48.8 Å². The average molecular weight is 219 g/mol. The van der Waals surface area contributed by atoms with Crippen LogP contribution in [0.5, 0.6) is 0 Å². The molecule has 2 rings (SSSR count). The maximum Gasteiger partial charge on any atom is 0.0637 e. The van der Waals surface area contributed by atoms with Crippen molar-refractivity contribution in [2.45, 2.75) is 6.54 Å². The lowest BCUT2D eigenvalue weighted by Crippen LogP contribution is -1.99. The van der Waals surface area contributed by atoms with E-state index < -0.39 is 0 Å². The minimum atomic E-state index is 0.734. The van der Waals surface area contributed by atoms with Gasteiger partial charge in [0.05, 0.1) is 10.7 Å². The number of hydrogen-bond acceptors (Lipinski definition) is 2. The normalized spacial score (nSPS) is 9.93. The maximum absolute atomic E-state index is 6.01. The standard InChI is InChI=1S/C12H11ClN2/c13-11-5-1-2-6-12(11)15-9-10-4-3-7-14-8-10/h1-8,15H,9H2. The van der Waals surface area contributed by atoms with Crippen LogP contribution in [0.3, 0.4) is 0 Å². The van der Waals surface area contributed by atoms with E-state index in [9.17, 15) is 0 Å². The van der Waals surface area contributed by atoms with Gasteiger partial charge in [-0.25, -0.2) is 0 Å². The van der Waals surface area contributed by atoms with E-state index in [-0.39, 0.29) is 0 Å². The zero-order chi connectivity index (χ0) is 10.5. The molecule has 76 valence electrons. The molecule has 0 radical (unpaired) electrons. The molecule has 0 bridgehead atoms. The molecule has 2 aromatic rings. The second-order valence-corrected chi connectivity index (χ2v) is 3.60. The molecule has 0 aliphatic carbocycles. The van der Waals surface area contributed by atoms with Gasteiger partial charge in [-0.2, -0.15) is 0 Å². The lowest BCUT2D eigenvalue weighted by molar-refractivity contribution is 1.11. The number of halogens is 1. The Balaban J connectivity index is 2.03. The smallest absolute Gasteiger partial charge is 0.0637 e. The number of rotatable bonds is 3. The molecule has 0 atom stereocenters. The first kappa shape index (κ1) is 9.99. The molecular formula is C12H11ClN2. The summed E-state index contributed by atoms with van der Waals surface area (Å²) >= 11 is 6.01. The molecular weight excluding hydrogens is 208 g/mol. The van der Waals surface area contributed by atoms with Gasteiger partial charge < -0.3 is 5.32 Å². The minimum Gasteiger partial charge on any atom is -0.380 e. The predicted molar refractivity (Wildman–Crippen MR) is 63.0 cm³/mol. The van der Waals surface area contributed by atoms with Gasteiger partial charge >= 0.3 is 0 Å². The number of anilines is 1. The zero-order valence-corrected chi connectivity index (χ0v) is 8.91. The lowest BCUT2D eigenvalue weighted by atomic mass is 10.2. The van der Waals surface area contributed by atoms with Gasteiger partial charge in [-0.1, -0.05) is 29.8 Å². The largest absolute Gasteiger partial charge is 0.380 e. The molecule has 0 saturated heterocycles. The number of aromatic nitrogens is 1. The van der Waals surface area contributed by atoms with E-state index in [1.54, 1.807) is 6.20 Å². The molecule has 0 amide bonds. The van der Waals surface area contributed by atoms with Gasteiger partial charge in [0.1, 0.15) is 0 Å². The zero-order valence-electron chi connectivity index (χ0n) is 8.15. The minimum absolute atomic E-state index is 0.734. The highest BCUT2D eigenvalue weighted by molar-refractivity contribution is 6.33. The number of benzene rings is 1. The number of pyridine rings is 1. The summed E-state index contributed by atoms with van der Waals surface area (Å²) in [6, 6.07) is 11.6. The van der Waals surface area contributed by atoms with Crippen molar-refractivity contribution in [3.8, 4) is 0 Å². The van der Waals surface area contributed by atoms with Gasteiger partial charge in [-0.15, -0.1) is 0 Å². The molecule has 2 nitrogen and oxygen atoms in total. The molecule has 15 heavy (non-hydrogen) atoms. The van der Waals surface area contributed by atoms with Crippen LogP contribution >= 0.6 is 11.6 Å². The van der Waals surface area contributed by atoms with Gasteiger partial charge in [0.25, 0.3) is 0 Å². The van der Waals surface area contributed by atoms with E-state index in [0.717, 1.165) is 22.8 Å². The summed E-state index contributed by atoms with van der Waals surface area (Å²) in [6.45, 7) is 0.734. The summed E-state index contributed by atoms with van der Waals surface area (Å²) in [5, 5.41) is 3.99. The van der Waals surface area contributed by atoms with Crippen LogP contribution in [-0.4, -0.2) is 4.98 Å². The number of nitrogens with one attached hydrogen (secondary N) is 1. The third kappa shape index (κ3) is 2.70. The Bertz CT molecular complexity index is 429. The highest BCUT2D eigenvalue weighted by atomic mass is 35.5. The van der Waals surface area contributed by atoms with E-state index in [1.807, 2.05) is 42.6 Å². The Hall–Kier alpha value is -1.54. The van der Waals surface area contributed by atoms with E-state index in [2.05, 4.69) is 10.3 Å². The van der Waals surface area contributed by atoms with Crippen molar-refractivity contribution in [2.24, 2.45) is 0 Å². The fourth-order valence-electron chi connectivity index (χ4n) is 1.30. The van der Waals surface area contributed by atoms with E-state index in [1.165, 1.54) is 0 Å². The van der Waals surface area contributed by atoms with Crippen LogP contribution < -0.4 is 5.32 Å². The van der Waals surface area contributed by atoms with Gasteiger partial charge in [-0.3, -0.25) is 4.98 Å². The Morgan fingerprint density at radius 3 is 2.73 bits per heavy atom. The van der Waals surface area contributed by atoms with Crippen LogP contribution in [0.1, 0.15) is 5.56 Å². The summed E-state index contributed by atoms with van der Waals surface area (Å²) in [6.07, 6.45) is 3.60. The number of hydrogen-bond donors (Lipinski definition) is 1. The Labute approximate surface area is 93.9 Å². The Morgan fingerprint density at radius 2 is 2.00 bits per heavy atom. The lowest BCUT2D eigenvalue weighted by Gasteiger charge is -2.07. The number of para-hydroxylation sites is 1. The van der Waals surface area contributed by atoms with Crippen molar-refractivity contribution in [2.75, 3.05) is 5.32 Å². The fraction of sp³-hybridized carbons (Fsp3) is 0.0833. The van der Waals surface area contributed by atoms with Crippen LogP contribution in [0.4, 0.5) is 5.69 Å². The van der Waals surface area contributed by atoms with Gasteiger partial charge in [0, 0.05) is 18.9 Å². The summed E-state index contributed by atoms with van der Waals surface area (Å²) in [5.41, 5.74) is 2.08. The second kappa shape index (κ2) is 4.80. The third-order valence-electron chi connectivity index (χ3n) is 2.08. The second-order valence-electron chi connectivity index (χ2n) is 3.19. The Morgan fingerprint density at radius 1 is 1.13 bits per heavy atom. The molecule has 1 N–H and O–H groups in total. The van der Waals surface area contributed by atoms with Gasteiger partial charge in [-0.05, 0) is 23.8 Å². The first-order chi connectivity index (χ1) is 7.36. The number of nitrogens with zero attached hydrogens (tertiary/aromatic N) is 1. The Kier molecular flexibility index (Phi) is 3.20. The van der Waals surface area contributed by atoms with Crippen LogP contribution in [0, 0.1) is 0 Å². The van der Waals surface area contributed by atoms with E-state index >= 15 is 0 Å². The van der Waals surface area contributed by atoms with Crippen LogP contribution in [-0.2, 0) is 6.54 Å². The van der Waals surface area contributed by atoms with Crippen molar-refractivity contribution in [3.05, 3.63) is 59.4 Å². The van der Waals surface area contributed by atoms with Crippen molar-refractivity contribution >= 4 is 17.3 Å². The fourth-order valence-corrected chi connectivity index (χ4v) is 1.51. The average Bonchev–Trinajstić information content (AvgIpc) is 2.29. The van der Waals surface area contributed by atoms with Crippen molar-refractivity contribution in [1.82, 2.24) is 4.98 Å². The molecule has 0 fully saturated rings. The van der Waals surface area contributed by atoms with Gasteiger partial charge in [0.15, 0.2) is 0 Å². The van der Waals surface area contributed by atoms with Crippen molar-refractivity contribution in [1.29, 1.82) is 0 Å². The predicted octanol–water partition coefficient (Wildman–Crippen LogP) is 3.35. The highest BCUT2D eigenvalue weighted by Gasteiger charge is 1.97. The molecule has 1 aromatic heterocycles. The van der Waals surface area contributed by atoms with Crippen molar-refractivity contribution < 1.29 is 0 Å². The third-order valence-corrected chi connectivity index (χ3v) is 2.41. The quantitative estimate of drug-likeness (QED) is 0.855.